The number of ketones is 1. The van der Waals surface area contributed by atoms with Crippen molar-refractivity contribution in [2.24, 2.45) is 0 Å². The van der Waals surface area contributed by atoms with Gasteiger partial charge in [0.05, 0.1) is 5.02 Å². The van der Waals surface area contributed by atoms with Gasteiger partial charge in [-0.15, -0.1) is 0 Å². The first-order chi connectivity index (χ1) is 13.1. The molecule has 1 heterocycles. The monoisotopic (exact) mass is 415 g/mol. The number of benzene rings is 2. The highest BCUT2D eigenvalue weighted by Crippen LogP contribution is 2.24. The summed E-state index contributed by atoms with van der Waals surface area (Å²) < 4.78 is 1.77. The molecule has 1 N–H and O–H groups in total. The maximum atomic E-state index is 13.3. The van der Waals surface area contributed by atoms with Gasteiger partial charge in [0.1, 0.15) is 0 Å². The fraction of sp³-hybridized carbons (Fsp3) is 0.0952. The van der Waals surface area contributed by atoms with E-state index in [1.54, 1.807) is 22.8 Å². The fourth-order valence-electron chi connectivity index (χ4n) is 2.69. The van der Waals surface area contributed by atoms with Crippen LogP contribution in [0.5, 0.6) is 0 Å². The summed E-state index contributed by atoms with van der Waals surface area (Å²) in [7, 11) is 0. The van der Waals surface area contributed by atoms with Gasteiger partial charge in [-0.2, -0.15) is 4.57 Å². The molecule has 3 rings (SSSR count). The average molecular weight is 416 g/mol. The fourth-order valence-corrected chi connectivity index (χ4v) is 3.49. The van der Waals surface area contributed by atoms with Gasteiger partial charge in [0.25, 0.3) is 6.04 Å². The van der Waals surface area contributed by atoms with Crippen molar-refractivity contribution in [1.29, 1.82) is 0 Å². The Kier molecular flexibility index (Phi) is 6.56. The van der Waals surface area contributed by atoms with E-state index >= 15 is 0 Å². The normalized spacial score (nSPS) is 11.6. The van der Waals surface area contributed by atoms with E-state index in [4.69, 9.17) is 35.4 Å². The molecule has 136 valence electrons. The summed E-state index contributed by atoms with van der Waals surface area (Å²) in [5, 5.41) is 3.98. The summed E-state index contributed by atoms with van der Waals surface area (Å²) in [6, 6.07) is 19.6. The van der Waals surface area contributed by atoms with Crippen LogP contribution < -0.4 is 9.88 Å². The number of nitrogens with one attached hydrogen (secondary N) is 1. The minimum Gasteiger partial charge on any atom is -0.370 e. The van der Waals surface area contributed by atoms with Crippen LogP contribution in [-0.2, 0) is 6.54 Å². The number of hydrogen-bond acceptors (Lipinski definition) is 2. The number of thiocarbonyl (C=S) groups is 1. The summed E-state index contributed by atoms with van der Waals surface area (Å²) in [6.07, 6.45) is 3.62. The van der Waals surface area contributed by atoms with E-state index in [2.05, 4.69) is 5.32 Å². The van der Waals surface area contributed by atoms with Gasteiger partial charge >= 0.3 is 0 Å². The van der Waals surface area contributed by atoms with E-state index in [9.17, 15) is 4.79 Å². The number of Topliss-reactive ketones (excluding diaryl/α,β-unsaturated/α-hetero) is 1. The molecule has 1 aromatic heterocycles. The molecule has 0 amide bonds. The van der Waals surface area contributed by atoms with Crippen molar-refractivity contribution >= 4 is 46.2 Å². The highest BCUT2D eigenvalue weighted by atomic mass is 35.5. The molecule has 1 unspecified atom stereocenters. The smallest absolute Gasteiger partial charge is 0.270 e. The maximum Gasteiger partial charge on any atom is 0.270 e. The molecule has 0 saturated carbocycles. The number of hydrogen-bond donors (Lipinski definition) is 1. The zero-order chi connectivity index (χ0) is 19.2. The lowest BCUT2D eigenvalue weighted by Gasteiger charge is -2.15. The molecular weight excluding hydrogens is 399 g/mol. The first-order valence-corrected chi connectivity index (χ1v) is 9.49. The molecule has 3 aromatic rings. The highest BCUT2D eigenvalue weighted by Gasteiger charge is 2.34. The molecule has 1 atom stereocenters. The van der Waals surface area contributed by atoms with E-state index in [1.807, 2.05) is 60.9 Å². The van der Waals surface area contributed by atoms with E-state index in [0.29, 0.717) is 27.1 Å². The minimum absolute atomic E-state index is 0.196. The third-order valence-corrected chi connectivity index (χ3v) is 4.96. The van der Waals surface area contributed by atoms with E-state index in [1.165, 1.54) is 0 Å². The van der Waals surface area contributed by atoms with Crippen LogP contribution in [0.1, 0.15) is 22.0 Å². The predicted octanol–water partition coefficient (Wildman–Crippen LogP) is 4.82. The Bertz CT molecular complexity index is 949. The standard InChI is InChI=1S/C21H16Cl2N2OS/c22-16-9-10-17(18(23)13-16)20(26)19(25-11-5-2-6-12-25)21(27)24-14-15-7-3-1-4-8-15/h1-13,19H,14H2/p+1. The maximum absolute atomic E-state index is 13.3. The van der Waals surface area contributed by atoms with Crippen LogP contribution in [0, 0.1) is 0 Å². The van der Waals surface area contributed by atoms with Gasteiger partial charge in [-0.25, -0.2) is 0 Å². The topological polar surface area (TPSA) is 33.0 Å². The van der Waals surface area contributed by atoms with Crippen molar-refractivity contribution in [2.75, 3.05) is 0 Å². The van der Waals surface area contributed by atoms with Gasteiger partial charge in [-0.3, -0.25) is 4.79 Å². The van der Waals surface area contributed by atoms with Crippen LogP contribution >= 0.6 is 35.4 Å². The number of aromatic nitrogens is 1. The van der Waals surface area contributed by atoms with Crippen molar-refractivity contribution in [1.82, 2.24) is 5.32 Å². The van der Waals surface area contributed by atoms with Crippen molar-refractivity contribution in [3.63, 3.8) is 0 Å². The molecule has 0 aliphatic carbocycles. The third kappa shape index (κ3) is 4.92. The summed E-state index contributed by atoms with van der Waals surface area (Å²) in [5.74, 6) is -0.196. The van der Waals surface area contributed by atoms with E-state index < -0.39 is 6.04 Å². The average Bonchev–Trinajstić information content (AvgIpc) is 2.68. The molecule has 27 heavy (non-hydrogen) atoms. The second-order valence-corrected chi connectivity index (χ2v) is 7.20. The highest BCUT2D eigenvalue weighted by molar-refractivity contribution is 7.80. The van der Waals surface area contributed by atoms with Crippen LogP contribution in [0.25, 0.3) is 0 Å². The summed E-state index contributed by atoms with van der Waals surface area (Å²) in [6.45, 7) is 0.533. The van der Waals surface area contributed by atoms with Crippen LogP contribution in [0.2, 0.25) is 10.0 Å². The number of halogens is 2. The molecule has 0 radical (unpaired) electrons. The zero-order valence-corrected chi connectivity index (χ0v) is 16.6. The Balaban J connectivity index is 1.89. The van der Waals surface area contributed by atoms with Gasteiger partial charge in [0.2, 0.25) is 5.78 Å². The quantitative estimate of drug-likeness (QED) is 0.355. The number of carbonyl (C=O) groups excluding carboxylic acids is 1. The molecule has 0 aliphatic rings. The van der Waals surface area contributed by atoms with Gasteiger partial charge in [0, 0.05) is 29.3 Å². The molecular formula is C21H17Cl2N2OS+. The van der Waals surface area contributed by atoms with Gasteiger partial charge in [-0.05, 0) is 23.8 Å². The van der Waals surface area contributed by atoms with E-state index in [-0.39, 0.29) is 5.78 Å². The zero-order valence-electron chi connectivity index (χ0n) is 14.3. The van der Waals surface area contributed by atoms with Crippen LogP contribution in [0.15, 0.2) is 79.1 Å². The predicted molar refractivity (Wildman–Crippen MR) is 112 cm³/mol. The Morgan fingerprint density at radius 2 is 1.67 bits per heavy atom. The third-order valence-electron chi connectivity index (χ3n) is 4.04. The molecule has 0 saturated heterocycles. The molecule has 6 heteroatoms. The largest absolute Gasteiger partial charge is 0.370 e. The molecule has 0 spiro atoms. The summed E-state index contributed by atoms with van der Waals surface area (Å²) in [4.78, 5) is 13.7. The number of carbonyl (C=O) groups is 1. The Morgan fingerprint density at radius 3 is 2.33 bits per heavy atom. The molecule has 0 bridgehead atoms. The lowest BCUT2D eigenvalue weighted by atomic mass is 10.0. The number of nitrogens with zero attached hydrogens (tertiary/aromatic N) is 1. The van der Waals surface area contributed by atoms with Crippen molar-refractivity contribution in [3.8, 4) is 0 Å². The lowest BCUT2D eigenvalue weighted by Crippen LogP contribution is -2.51. The summed E-state index contributed by atoms with van der Waals surface area (Å²) >= 11 is 17.8. The van der Waals surface area contributed by atoms with Gasteiger partial charge in [-0.1, -0.05) is 71.8 Å². The SMILES string of the molecule is O=C(c1ccc(Cl)cc1Cl)C(C(=S)NCc1ccccc1)[n+]1ccccc1. The number of rotatable bonds is 6. The minimum atomic E-state index is -0.705. The van der Waals surface area contributed by atoms with Gasteiger partial charge < -0.3 is 5.32 Å². The van der Waals surface area contributed by atoms with Gasteiger partial charge in [0.15, 0.2) is 17.4 Å². The number of pyridine rings is 1. The molecule has 0 fully saturated rings. The van der Waals surface area contributed by atoms with Crippen molar-refractivity contribution in [2.45, 2.75) is 12.6 Å². The Labute approximate surface area is 173 Å². The second-order valence-electron chi connectivity index (χ2n) is 5.92. The van der Waals surface area contributed by atoms with Crippen molar-refractivity contribution < 1.29 is 9.36 Å². The molecule has 2 aromatic carbocycles. The van der Waals surface area contributed by atoms with Crippen LogP contribution in [0.4, 0.5) is 0 Å². The lowest BCUT2D eigenvalue weighted by molar-refractivity contribution is -0.692. The first-order valence-electron chi connectivity index (χ1n) is 8.33. The van der Waals surface area contributed by atoms with Crippen molar-refractivity contribution in [3.05, 3.63) is 100 Å². The molecule has 0 aliphatic heterocycles. The summed E-state index contributed by atoms with van der Waals surface area (Å²) in [5.41, 5.74) is 1.46. The molecule has 3 nitrogen and oxygen atoms in total. The Hall–Kier alpha value is -2.27. The first kappa shape index (κ1) is 19.5. The van der Waals surface area contributed by atoms with Crippen LogP contribution in [-0.4, -0.2) is 10.8 Å². The Morgan fingerprint density at radius 1 is 1.00 bits per heavy atom. The second kappa shape index (κ2) is 9.09. The van der Waals surface area contributed by atoms with E-state index in [0.717, 1.165) is 5.56 Å². The van der Waals surface area contributed by atoms with Crippen LogP contribution in [0.3, 0.4) is 0 Å².